The van der Waals surface area contributed by atoms with Crippen LogP contribution in [-0.4, -0.2) is 58.7 Å². The number of benzene rings is 2. The van der Waals surface area contributed by atoms with Crippen molar-refractivity contribution in [3.05, 3.63) is 52.7 Å². The summed E-state index contributed by atoms with van der Waals surface area (Å²) in [6.45, 7) is -0.290. The van der Waals surface area contributed by atoms with Gasteiger partial charge in [0.05, 0.1) is 13.7 Å². The Bertz CT molecular complexity index is 1110. The zero-order valence-corrected chi connectivity index (χ0v) is 15.9. The van der Waals surface area contributed by atoms with Gasteiger partial charge in [0.15, 0.2) is 16.9 Å². The van der Waals surface area contributed by atoms with Gasteiger partial charge < -0.3 is 39.1 Å². The standard InChI is InChI=1S/C21H20O9/c1-27-15-8-14-16(11(22)7-13(29-14)10-5-3-2-4-6-10)18(25)20(15)30-21-19(26)17(24)12(23)9-28-21/h2-8,12,17,19,21,23-26H,9H2,1H3/t12-,17+,19?,21+/m1/s1. The second-order valence-electron chi connectivity index (χ2n) is 6.84. The van der Waals surface area contributed by atoms with Gasteiger partial charge in [0.2, 0.25) is 12.0 Å². The highest BCUT2D eigenvalue weighted by Crippen LogP contribution is 2.43. The van der Waals surface area contributed by atoms with E-state index in [0.29, 0.717) is 11.3 Å². The molecule has 158 valence electrons. The molecule has 1 fully saturated rings. The van der Waals surface area contributed by atoms with Crippen LogP contribution in [0.5, 0.6) is 17.2 Å². The molecular formula is C21H20O9. The van der Waals surface area contributed by atoms with Crippen molar-refractivity contribution in [3.63, 3.8) is 0 Å². The average molecular weight is 416 g/mol. The first-order valence-corrected chi connectivity index (χ1v) is 9.16. The molecule has 4 N–H and O–H groups in total. The lowest BCUT2D eigenvalue weighted by molar-refractivity contribution is -0.242. The molecule has 4 rings (SSSR count). The first-order chi connectivity index (χ1) is 14.4. The van der Waals surface area contributed by atoms with Crippen LogP contribution in [0, 0.1) is 0 Å². The number of hydrogen-bond acceptors (Lipinski definition) is 9. The van der Waals surface area contributed by atoms with Gasteiger partial charge in [-0.3, -0.25) is 4.79 Å². The lowest BCUT2D eigenvalue weighted by Gasteiger charge is -2.35. The van der Waals surface area contributed by atoms with E-state index in [1.807, 2.05) is 6.07 Å². The molecule has 0 spiro atoms. The SMILES string of the molecule is COc1cc2oc(-c3ccccc3)cc(=O)c2c(O)c1O[C@@H]1OC[C@@H](O)[C@H](O)C1O. The molecule has 2 aromatic carbocycles. The Hall–Kier alpha value is -3.11. The number of rotatable bonds is 4. The topological polar surface area (TPSA) is 139 Å². The Morgan fingerprint density at radius 2 is 1.80 bits per heavy atom. The molecule has 9 nitrogen and oxygen atoms in total. The molecule has 1 unspecified atom stereocenters. The Labute approximate surface area is 170 Å². The summed E-state index contributed by atoms with van der Waals surface area (Å²) in [4.78, 5) is 12.7. The van der Waals surface area contributed by atoms with E-state index < -0.39 is 35.8 Å². The van der Waals surface area contributed by atoms with Gasteiger partial charge in [0.25, 0.3) is 0 Å². The lowest BCUT2D eigenvalue weighted by Crippen LogP contribution is -2.54. The second-order valence-corrected chi connectivity index (χ2v) is 6.84. The third-order valence-corrected chi connectivity index (χ3v) is 4.88. The predicted octanol–water partition coefficient (Wildman–Crippen LogP) is 0.992. The van der Waals surface area contributed by atoms with Gasteiger partial charge in [-0.25, -0.2) is 0 Å². The van der Waals surface area contributed by atoms with Crippen molar-refractivity contribution in [2.45, 2.75) is 24.6 Å². The van der Waals surface area contributed by atoms with E-state index in [4.69, 9.17) is 18.6 Å². The molecule has 1 aromatic heterocycles. The van der Waals surface area contributed by atoms with Crippen LogP contribution in [0.1, 0.15) is 0 Å². The molecule has 3 aromatic rings. The van der Waals surface area contributed by atoms with Crippen molar-refractivity contribution in [3.8, 4) is 28.6 Å². The summed E-state index contributed by atoms with van der Waals surface area (Å²) in [5.74, 6) is -0.498. The van der Waals surface area contributed by atoms with Gasteiger partial charge in [-0.2, -0.15) is 0 Å². The van der Waals surface area contributed by atoms with Crippen molar-refractivity contribution >= 4 is 11.0 Å². The van der Waals surface area contributed by atoms with Gasteiger partial charge in [-0.1, -0.05) is 30.3 Å². The highest BCUT2D eigenvalue weighted by Gasteiger charge is 2.40. The number of phenols is 1. The molecule has 1 aliphatic rings. The summed E-state index contributed by atoms with van der Waals surface area (Å²) in [7, 11) is 1.32. The summed E-state index contributed by atoms with van der Waals surface area (Å²) in [6, 6.07) is 11.6. The number of methoxy groups -OCH3 is 1. The lowest BCUT2D eigenvalue weighted by atomic mass is 10.1. The molecule has 1 aliphatic heterocycles. The number of aromatic hydroxyl groups is 1. The summed E-state index contributed by atoms with van der Waals surface area (Å²) in [5, 5.41) is 40.1. The average Bonchev–Trinajstić information content (AvgIpc) is 2.75. The maximum atomic E-state index is 12.7. The van der Waals surface area contributed by atoms with E-state index in [9.17, 15) is 25.2 Å². The quantitative estimate of drug-likeness (QED) is 0.490. The fraction of sp³-hybridized carbons (Fsp3) is 0.286. The first-order valence-electron chi connectivity index (χ1n) is 9.16. The summed E-state index contributed by atoms with van der Waals surface area (Å²) in [6.07, 6.45) is -5.78. The van der Waals surface area contributed by atoms with Crippen molar-refractivity contribution in [1.82, 2.24) is 0 Å². The van der Waals surface area contributed by atoms with E-state index in [1.54, 1.807) is 24.3 Å². The van der Waals surface area contributed by atoms with E-state index >= 15 is 0 Å². The van der Waals surface area contributed by atoms with E-state index in [-0.39, 0.29) is 29.1 Å². The largest absolute Gasteiger partial charge is 0.504 e. The summed E-state index contributed by atoms with van der Waals surface area (Å²) < 4.78 is 21.8. The maximum absolute atomic E-state index is 12.7. The Balaban J connectivity index is 1.79. The monoisotopic (exact) mass is 416 g/mol. The number of aliphatic hydroxyl groups excluding tert-OH is 3. The predicted molar refractivity (Wildman–Crippen MR) is 105 cm³/mol. The highest BCUT2D eigenvalue weighted by molar-refractivity contribution is 5.89. The molecule has 0 saturated carbocycles. The van der Waals surface area contributed by atoms with Crippen LogP contribution < -0.4 is 14.9 Å². The molecule has 0 aliphatic carbocycles. The number of aliphatic hydroxyl groups is 3. The van der Waals surface area contributed by atoms with Crippen LogP contribution in [0.15, 0.2) is 51.7 Å². The third-order valence-electron chi connectivity index (χ3n) is 4.88. The Morgan fingerprint density at radius 1 is 1.07 bits per heavy atom. The molecule has 0 bridgehead atoms. The fourth-order valence-corrected chi connectivity index (χ4v) is 3.27. The number of ether oxygens (including phenoxy) is 3. The highest BCUT2D eigenvalue weighted by atomic mass is 16.7. The normalized spacial score (nSPS) is 24.0. The first kappa shape index (κ1) is 20.2. The number of hydrogen-bond donors (Lipinski definition) is 4. The van der Waals surface area contributed by atoms with Crippen LogP contribution in [0.4, 0.5) is 0 Å². The van der Waals surface area contributed by atoms with Crippen LogP contribution in [0.2, 0.25) is 0 Å². The third kappa shape index (κ3) is 3.48. The number of fused-ring (bicyclic) bond motifs is 1. The van der Waals surface area contributed by atoms with E-state index in [1.165, 1.54) is 19.2 Å². The smallest absolute Gasteiger partial charge is 0.229 e. The molecule has 2 heterocycles. The van der Waals surface area contributed by atoms with Crippen molar-refractivity contribution in [2.75, 3.05) is 13.7 Å². The van der Waals surface area contributed by atoms with E-state index in [0.717, 1.165) is 0 Å². The maximum Gasteiger partial charge on any atom is 0.229 e. The zero-order chi connectivity index (χ0) is 21.4. The summed E-state index contributed by atoms with van der Waals surface area (Å²) in [5.41, 5.74) is 0.242. The van der Waals surface area contributed by atoms with Gasteiger partial charge in [-0.15, -0.1) is 0 Å². The summed E-state index contributed by atoms with van der Waals surface area (Å²) >= 11 is 0. The van der Waals surface area contributed by atoms with Crippen LogP contribution in [-0.2, 0) is 4.74 Å². The van der Waals surface area contributed by atoms with Crippen LogP contribution in [0.3, 0.4) is 0 Å². The van der Waals surface area contributed by atoms with Gasteiger partial charge in [-0.05, 0) is 0 Å². The minimum atomic E-state index is -1.59. The van der Waals surface area contributed by atoms with Gasteiger partial charge in [0, 0.05) is 17.7 Å². The molecule has 4 atom stereocenters. The Morgan fingerprint density at radius 3 is 2.50 bits per heavy atom. The zero-order valence-electron chi connectivity index (χ0n) is 15.9. The van der Waals surface area contributed by atoms with Crippen molar-refractivity contribution in [1.29, 1.82) is 0 Å². The van der Waals surface area contributed by atoms with E-state index in [2.05, 4.69) is 0 Å². The molecular weight excluding hydrogens is 396 g/mol. The number of phenolic OH excluding ortho intramolecular Hbond substituents is 1. The minimum absolute atomic E-state index is 0.0183. The molecule has 0 radical (unpaired) electrons. The fourth-order valence-electron chi connectivity index (χ4n) is 3.27. The van der Waals surface area contributed by atoms with Gasteiger partial charge in [0.1, 0.15) is 35.0 Å². The molecule has 0 amide bonds. The molecule has 9 heteroatoms. The van der Waals surface area contributed by atoms with Crippen molar-refractivity contribution in [2.24, 2.45) is 0 Å². The van der Waals surface area contributed by atoms with Crippen LogP contribution >= 0.6 is 0 Å². The molecule has 1 saturated heterocycles. The minimum Gasteiger partial charge on any atom is -0.504 e. The molecule has 30 heavy (non-hydrogen) atoms. The second kappa shape index (κ2) is 7.96. The Kier molecular flexibility index (Phi) is 5.35. The van der Waals surface area contributed by atoms with Crippen LogP contribution in [0.25, 0.3) is 22.3 Å². The van der Waals surface area contributed by atoms with Crippen molar-refractivity contribution < 1.29 is 39.1 Å². The van der Waals surface area contributed by atoms with Gasteiger partial charge >= 0.3 is 0 Å².